The summed E-state index contributed by atoms with van der Waals surface area (Å²) < 4.78 is 29.2. The molecule has 0 bridgehead atoms. The summed E-state index contributed by atoms with van der Waals surface area (Å²) in [7, 11) is -3.97. The van der Waals surface area contributed by atoms with E-state index in [1.807, 2.05) is 63.2 Å². The molecule has 0 saturated carbocycles. The Balaban J connectivity index is 1.56. The van der Waals surface area contributed by atoms with Crippen LogP contribution in [0.1, 0.15) is 55.9 Å². The number of rotatable bonds is 8. The van der Waals surface area contributed by atoms with E-state index in [4.69, 9.17) is 0 Å². The van der Waals surface area contributed by atoms with Gasteiger partial charge in [-0.25, -0.2) is 8.42 Å². The number of hydrogen-bond acceptors (Lipinski definition) is 4. The van der Waals surface area contributed by atoms with E-state index in [1.54, 1.807) is 49.4 Å². The van der Waals surface area contributed by atoms with Crippen molar-refractivity contribution in [2.45, 2.75) is 38.6 Å². The summed E-state index contributed by atoms with van der Waals surface area (Å²) in [6.45, 7) is 7.26. The zero-order valence-electron chi connectivity index (χ0n) is 22.3. The molecule has 0 heterocycles. The lowest BCUT2D eigenvalue weighted by Crippen LogP contribution is -2.28. The van der Waals surface area contributed by atoms with Crippen LogP contribution in [0.4, 0.5) is 11.4 Å². The summed E-state index contributed by atoms with van der Waals surface area (Å²) in [6, 6.07) is 26.0. The Bertz CT molecular complexity index is 1630. The number of anilines is 2. The van der Waals surface area contributed by atoms with E-state index in [9.17, 15) is 18.0 Å². The van der Waals surface area contributed by atoms with Gasteiger partial charge in [0.25, 0.3) is 21.8 Å². The van der Waals surface area contributed by atoms with Crippen LogP contribution in [0.2, 0.25) is 0 Å². The third kappa shape index (κ3) is 6.53. The molecule has 3 N–H and O–H groups in total. The molecule has 4 rings (SSSR count). The third-order valence-electron chi connectivity index (χ3n) is 6.44. The molecule has 0 spiro atoms. The highest BCUT2D eigenvalue weighted by Gasteiger charge is 2.21. The van der Waals surface area contributed by atoms with Gasteiger partial charge in [0.2, 0.25) is 0 Å². The van der Waals surface area contributed by atoms with E-state index < -0.39 is 15.9 Å². The van der Waals surface area contributed by atoms with Crippen molar-refractivity contribution in [2.24, 2.45) is 0 Å². The SMILES string of the molecule is Cc1ccc(C)c(NS(=O)(=O)c2cc(C(=O)Nc3ccccc3C(=O)N[C@@H](C)c3ccccc3)ccc2C)c1. The average Bonchev–Trinajstić information content (AvgIpc) is 2.91. The second-order valence-electron chi connectivity index (χ2n) is 9.51. The Labute approximate surface area is 229 Å². The summed E-state index contributed by atoms with van der Waals surface area (Å²) >= 11 is 0. The molecule has 4 aromatic carbocycles. The normalized spacial score (nSPS) is 11.9. The number of nitrogens with one attached hydrogen (secondary N) is 3. The van der Waals surface area contributed by atoms with E-state index in [-0.39, 0.29) is 22.4 Å². The van der Waals surface area contributed by atoms with Gasteiger partial charge in [-0.15, -0.1) is 0 Å². The van der Waals surface area contributed by atoms with Gasteiger partial charge in [0.05, 0.1) is 27.9 Å². The molecule has 7 nitrogen and oxygen atoms in total. The maximum atomic E-state index is 13.3. The highest BCUT2D eigenvalue weighted by molar-refractivity contribution is 7.92. The maximum Gasteiger partial charge on any atom is 0.262 e. The lowest BCUT2D eigenvalue weighted by atomic mass is 10.1. The number of hydrogen-bond donors (Lipinski definition) is 3. The molecule has 1 atom stereocenters. The first-order valence-corrected chi connectivity index (χ1v) is 14.0. The van der Waals surface area contributed by atoms with Gasteiger partial charge < -0.3 is 10.6 Å². The minimum absolute atomic E-state index is 0.00114. The lowest BCUT2D eigenvalue weighted by Gasteiger charge is -2.17. The van der Waals surface area contributed by atoms with E-state index in [0.29, 0.717) is 22.5 Å². The van der Waals surface area contributed by atoms with Crippen LogP contribution in [0.25, 0.3) is 0 Å². The Morgan fingerprint density at radius 1 is 0.718 bits per heavy atom. The van der Waals surface area contributed by atoms with Crippen molar-refractivity contribution < 1.29 is 18.0 Å². The van der Waals surface area contributed by atoms with Gasteiger partial charge in [0.15, 0.2) is 0 Å². The van der Waals surface area contributed by atoms with Crippen LogP contribution in [0, 0.1) is 20.8 Å². The predicted molar refractivity (Wildman–Crippen MR) is 155 cm³/mol. The molecule has 0 aliphatic heterocycles. The molecule has 39 heavy (non-hydrogen) atoms. The fourth-order valence-corrected chi connectivity index (χ4v) is 5.55. The fourth-order valence-electron chi connectivity index (χ4n) is 4.16. The van der Waals surface area contributed by atoms with Gasteiger partial charge in [-0.05, 0) is 80.3 Å². The van der Waals surface area contributed by atoms with Gasteiger partial charge in [0.1, 0.15) is 0 Å². The first-order valence-electron chi connectivity index (χ1n) is 12.5. The summed E-state index contributed by atoms with van der Waals surface area (Å²) in [6.07, 6.45) is 0. The molecule has 0 aliphatic carbocycles. The van der Waals surface area contributed by atoms with Crippen molar-refractivity contribution in [3.05, 3.63) is 124 Å². The summed E-state index contributed by atoms with van der Waals surface area (Å²) in [5.74, 6) is -0.873. The van der Waals surface area contributed by atoms with Crippen molar-refractivity contribution in [3.63, 3.8) is 0 Å². The Kier molecular flexibility index (Phi) is 8.16. The predicted octanol–water partition coefficient (Wildman–Crippen LogP) is 6.16. The topological polar surface area (TPSA) is 104 Å². The van der Waals surface area contributed by atoms with Crippen molar-refractivity contribution in [3.8, 4) is 0 Å². The highest BCUT2D eigenvalue weighted by Crippen LogP contribution is 2.25. The molecule has 0 aliphatic rings. The number of benzene rings is 4. The molecule has 200 valence electrons. The molecular formula is C31H31N3O4S. The van der Waals surface area contributed by atoms with E-state index >= 15 is 0 Å². The van der Waals surface area contributed by atoms with Crippen molar-refractivity contribution in [2.75, 3.05) is 10.0 Å². The first kappa shape index (κ1) is 27.6. The van der Waals surface area contributed by atoms with E-state index in [2.05, 4.69) is 15.4 Å². The van der Waals surface area contributed by atoms with Gasteiger partial charge in [-0.3, -0.25) is 14.3 Å². The van der Waals surface area contributed by atoms with Crippen LogP contribution >= 0.6 is 0 Å². The van der Waals surface area contributed by atoms with Crippen LogP contribution in [0.15, 0.2) is 95.9 Å². The summed E-state index contributed by atoms with van der Waals surface area (Å²) in [5, 5.41) is 5.73. The van der Waals surface area contributed by atoms with Gasteiger partial charge >= 0.3 is 0 Å². The summed E-state index contributed by atoms with van der Waals surface area (Å²) in [4.78, 5) is 26.3. The van der Waals surface area contributed by atoms with Gasteiger partial charge in [-0.2, -0.15) is 0 Å². The van der Waals surface area contributed by atoms with E-state index in [0.717, 1.165) is 16.7 Å². The van der Waals surface area contributed by atoms with E-state index in [1.165, 1.54) is 6.07 Å². The Hall–Kier alpha value is -4.43. The average molecular weight is 542 g/mol. The minimum Gasteiger partial charge on any atom is -0.345 e. The zero-order valence-corrected chi connectivity index (χ0v) is 23.1. The largest absolute Gasteiger partial charge is 0.345 e. The highest BCUT2D eigenvalue weighted by atomic mass is 32.2. The zero-order chi connectivity index (χ0) is 28.2. The molecular weight excluding hydrogens is 510 g/mol. The second-order valence-corrected chi connectivity index (χ2v) is 11.2. The number of para-hydroxylation sites is 1. The number of carbonyl (C=O) groups excluding carboxylic acids is 2. The first-order chi connectivity index (χ1) is 18.5. The number of aryl methyl sites for hydroxylation is 3. The molecule has 0 radical (unpaired) electrons. The number of amides is 2. The molecule has 2 amide bonds. The van der Waals surface area contributed by atoms with Crippen molar-refractivity contribution in [1.29, 1.82) is 0 Å². The van der Waals surface area contributed by atoms with Gasteiger partial charge in [0, 0.05) is 5.56 Å². The standard InChI is InChI=1S/C31H31N3O4S/c1-20-14-15-21(2)28(18-20)34-39(37,38)29-19-25(17-16-22(29)3)30(35)33-27-13-9-8-12-26(27)31(36)32-23(4)24-10-6-5-7-11-24/h5-19,23,34H,1-4H3,(H,32,36)(H,33,35)/t23-/m0/s1. The lowest BCUT2D eigenvalue weighted by molar-refractivity contribution is 0.0940. The minimum atomic E-state index is -3.97. The summed E-state index contributed by atoms with van der Waals surface area (Å²) in [5.41, 5.74) is 4.40. The van der Waals surface area contributed by atoms with Crippen molar-refractivity contribution >= 4 is 33.2 Å². The molecule has 0 fully saturated rings. The van der Waals surface area contributed by atoms with Crippen molar-refractivity contribution in [1.82, 2.24) is 5.32 Å². The molecule has 8 heteroatoms. The smallest absolute Gasteiger partial charge is 0.262 e. The Morgan fingerprint density at radius 2 is 1.38 bits per heavy atom. The molecule has 0 unspecified atom stereocenters. The van der Waals surface area contributed by atoms with Crippen LogP contribution in [-0.2, 0) is 10.0 Å². The number of sulfonamides is 1. The molecule has 0 aromatic heterocycles. The third-order valence-corrected chi connectivity index (χ3v) is 7.95. The van der Waals surface area contributed by atoms with Crippen LogP contribution in [0.5, 0.6) is 0 Å². The number of carbonyl (C=O) groups is 2. The molecule has 0 saturated heterocycles. The maximum absolute atomic E-state index is 13.3. The van der Waals surface area contributed by atoms with Crippen LogP contribution < -0.4 is 15.4 Å². The van der Waals surface area contributed by atoms with Crippen LogP contribution in [0.3, 0.4) is 0 Å². The second kappa shape index (κ2) is 11.5. The monoisotopic (exact) mass is 541 g/mol. The van der Waals surface area contributed by atoms with Crippen LogP contribution in [-0.4, -0.2) is 20.2 Å². The van der Waals surface area contributed by atoms with Gasteiger partial charge in [-0.1, -0.05) is 60.7 Å². The quantitative estimate of drug-likeness (QED) is 0.249. The fraction of sp³-hybridized carbons (Fsp3) is 0.161. The molecule has 4 aromatic rings. The Morgan fingerprint density at radius 3 is 2.13 bits per heavy atom.